The van der Waals surface area contributed by atoms with Crippen molar-refractivity contribution in [3.8, 4) is 17.3 Å². The molecule has 4 aromatic rings. The van der Waals surface area contributed by atoms with E-state index in [2.05, 4.69) is 58.9 Å². The van der Waals surface area contributed by atoms with Gasteiger partial charge >= 0.3 is 6.01 Å². The lowest BCUT2D eigenvalue weighted by Gasteiger charge is -2.32. The van der Waals surface area contributed by atoms with Gasteiger partial charge in [0.2, 0.25) is 6.54 Å². The van der Waals surface area contributed by atoms with E-state index in [0.717, 1.165) is 66.4 Å². The van der Waals surface area contributed by atoms with Gasteiger partial charge in [0, 0.05) is 36.8 Å². The topological polar surface area (TPSA) is 58.7 Å². The van der Waals surface area contributed by atoms with Crippen molar-refractivity contribution < 1.29 is 4.74 Å². The first-order valence-corrected chi connectivity index (χ1v) is 14.2. The van der Waals surface area contributed by atoms with E-state index in [1.807, 2.05) is 12.3 Å². The van der Waals surface area contributed by atoms with Crippen molar-refractivity contribution in [3.05, 3.63) is 64.6 Å². The molecule has 0 spiro atoms. The summed E-state index contributed by atoms with van der Waals surface area (Å²) in [5, 5.41) is 3.61. The second-order valence-electron chi connectivity index (χ2n) is 10.9. The smallest absolute Gasteiger partial charge is 0.319 e. The Morgan fingerprint density at radius 1 is 1.10 bits per heavy atom. The first-order valence-electron chi connectivity index (χ1n) is 13.8. The molecule has 2 aromatic carbocycles. The minimum Gasteiger partial charge on any atom is -0.462 e. The van der Waals surface area contributed by atoms with Crippen LogP contribution in [0.1, 0.15) is 31.2 Å². The van der Waals surface area contributed by atoms with E-state index in [4.69, 9.17) is 37.9 Å². The maximum Gasteiger partial charge on any atom is 0.319 e. The predicted molar refractivity (Wildman–Crippen MR) is 158 cm³/mol. The fourth-order valence-corrected chi connectivity index (χ4v) is 6.43. The highest BCUT2D eigenvalue weighted by Crippen LogP contribution is 2.39. The van der Waals surface area contributed by atoms with Crippen LogP contribution in [0.5, 0.6) is 6.01 Å². The van der Waals surface area contributed by atoms with Gasteiger partial charge in [0.25, 0.3) is 0 Å². The SMILES string of the molecule is [C-]#[N+]C[C@@H]1CCCN(c2nc(OC[C@@H]3CCCN3C)nc3c(Cl)c(-c4cccc5cccc(C)c45)ncc23)C1. The second kappa shape index (κ2) is 11.0. The number of nitrogens with zero attached hydrogens (tertiary/aromatic N) is 6. The van der Waals surface area contributed by atoms with Crippen LogP contribution in [0.15, 0.2) is 42.6 Å². The van der Waals surface area contributed by atoms with Crippen molar-refractivity contribution >= 4 is 39.1 Å². The van der Waals surface area contributed by atoms with Crippen LogP contribution in [0, 0.1) is 19.4 Å². The molecule has 4 heterocycles. The molecule has 0 N–H and O–H groups in total. The van der Waals surface area contributed by atoms with Gasteiger partial charge in [0.15, 0.2) is 0 Å². The average molecular weight is 541 g/mol. The number of hydrogen-bond donors (Lipinski definition) is 0. The Labute approximate surface area is 234 Å². The van der Waals surface area contributed by atoms with E-state index in [1.165, 1.54) is 12.0 Å². The number of aromatic nitrogens is 3. The van der Waals surface area contributed by atoms with Gasteiger partial charge in [-0.05, 0) is 62.5 Å². The number of pyridine rings is 1. The van der Waals surface area contributed by atoms with E-state index in [-0.39, 0.29) is 0 Å². The summed E-state index contributed by atoms with van der Waals surface area (Å²) in [7, 11) is 2.14. The number of anilines is 1. The number of hydrogen-bond acceptors (Lipinski definition) is 6. The molecule has 0 bridgehead atoms. The van der Waals surface area contributed by atoms with Crippen molar-refractivity contribution in [1.82, 2.24) is 19.9 Å². The van der Waals surface area contributed by atoms with E-state index in [1.54, 1.807) is 0 Å². The molecular formula is C31H33ClN6O. The van der Waals surface area contributed by atoms with Crippen molar-refractivity contribution in [1.29, 1.82) is 0 Å². The third kappa shape index (κ3) is 4.99. The lowest BCUT2D eigenvalue weighted by Crippen LogP contribution is -2.37. The molecule has 0 saturated carbocycles. The van der Waals surface area contributed by atoms with Crippen molar-refractivity contribution in [2.75, 3.05) is 44.7 Å². The van der Waals surface area contributed by atoms with Crippen LogP contribution in [-0.4, -0.2) is 65.7 Å². The van der Waals surface area contributed by atoms with Gasteiger partial charge in [0.1, 0.15) is 17.9 Å². The van der Waals surface area contributed by atoms with E-state index in [0.29, 0.717) is 47.4 Å². The Balaban J connectivity index is 1.47. The second-order valence-corrected chi connectivity index (χ2v) is 11.3. The van der Waals surface area contributed by atoms with Gasteiger partial charge in [-0.3, -0.25) is 4.98 Å². The molecule has 7 nitrogen and oxygen atoms in total. The number of ether oxygens (including phenoxy) is 1. The normalized spacial score (nSPS) is 20.0. The number of aryl methyl sites for hydroxylation is 1. The molecule has 8 heteroatoms. The molecule has 2 aromatic heterocycles. The Morgan fingerprint density at radius 3 is 2.72 bits per heavy atom. The summed E-state index contributed by atoms with van der Waals surface area (Å²) in [6.45, 7) is 13.3. The Kier molecular flexibility index (Phi) is 7.24. The van der Waals surface area contributed by atoms with Gasteiger partial charge in [-0.15, -0.1) is 0 Å². The molecule has 200 valence electrons. The summed E-state index contributed by atoms with van der Waals surface area (Å²) < 4.78 is 6.25. The first kappa shape index (κ1) is 25.8. The zero-order valence-corrected chi connectivity index (χ0v) is 23.3. The Morgan fingerprint density at radius 2 is 1.92 bits per heavy atom. The maximum absolute atomic E-state index is 7.36. The fraction of sp³-hybridized carbons (Fsp3) is 0.419. The Hall–Kier alpha value is -3.47. The number of benzene rings is 2. The van der Waals surface area contributed by atoms with Gasteiger partial charge in [-0.2, -0.15) is 9.97 Å². The molecule has 2 fully saturated rings. The van der Waals surface area contributed by atoms with Crippen LogP contribution >= 0.6 is 11.6 Å². The standard InChI is InChI=1S/C31H33ClN6O/c1-20-8-4-10-22-11-5-13-24(26(20)22)28-27(32)29-25(17-34-28)30(38-15-6-9-21(18-38)16-33-2)36-31(35-29)39-19-23-12-7-14-37(23)3/h4-5,8,10-11,13,17,21,23H,6-7,9,12,14-16,18-19H2,1,3H3/t21-,23-/m0/s1. The largest absolute Gasteiger partial charge is 0.462 e. The van der Waals surface area contributed by atoms with E-state index >= 15 is 0 Å². The molecule has 0 unspecified atom stereocenters. The number of piperidine rings is 1. The third-order valence-electron chi connectivity index (χ3n) is 8.26. The highest BCUT2D eigenvalue weighted by atomic mass is 35.5. The summed E-state index contributed by atoms with van der Waals surface area (Å²) in [6, 6.07) is 13.2. The van der Waals surface area contributed by atoms with Crippen molar-refractivity contribution in [2.45, 2.75) is 38.6 Å². The van der Waals surface area contributed by atoms with Gasteiger partial charge < -0.3 is 19.4 Å². The number of likely N-dealkylation sites (tertiary alicyclic amines) is 1. The Bertz CT molecular complexity index is 1560. The van der Waals surface area contributed by atoms with Gasteiger partial charge in [0.05, 0.1) is 16.1 Å². The lowest BCUT2D eigenvalue weighted by molar-refractivity contribution is 0.188. The predicted octanol–water partition coefficient (Wildman–Crippen LogP) is 6.42. The first-order chi connectivity index (χ1) is 19.0. The highest BCUT2D eigenvalue weighted by Gasteiger charge is 2.27. The molecule has 0 aliphatic carbocycles. The van der Waals surface area contributed by atoms with Crippen LogP contribution in [0.3, 0.4) is 0 Å². The minimum atomic E-state index is 0.319. The highest BCUT2D eigenvalue weighted by molar-refractivity contribution is 6.38. The van der Waals surface area contributed by atoms with Crippen LogP contribution < -0.4 is 9.64 Å². The summed E-state index contributed by atoms with van der Waals surface area (Å²) in [6.07, 6.45) is 6.22. The van der Waals surface area contributed by atoms with Gasteiger partial charge in [-0.25, -0.2) is 6.57 Å². The molecule has 0 radical (unpaired) electrons. The van der Waals surface area contributed by atoms with E-state index < -0.39 is 0 Å². The van der Waals surface area contributed by atoms with Crippen LogP contribution in [0.2, 0.25) is 5.02 Å². The van der Waals surface area contributed by atoms with Crippen molar-refractivity contribution in [3.63, 3.8) is 0 Å². The molecule has 2 saturated heterocycles. The molecule has 0 amide bonds. The zero-order chi connectivity index (χ0) is 26.9. The summed E-state index contributed by atoms with van der Waals surface area (Å²) >= 11 is 7.17. The maximum atomic E-state index is 7.36. The van der Waals surface area contributed by atoms with Crippen LogP contribution in [0.25, 0.3) is 37.8 Å². The summed E-state index contributed by atoms with van der Waals surface area (Å²) in [5.41, 5.74) is 3.52. The average Bonchev–Trinajstić information content (AvgIpc) is 3.36. The molecule has 2 aliphatic rings. The van der Waals surface area contributed by atoms with E-state index in [9.17, 15) is 0 Å². The quantitative estimate of drug-likeness (QED) is 0.263. The summed E-state index contributed by atoms with van der Waals surface area (Å²) in [5.74, 6) is 1.11. The molecule has 2 atom stereocenters. The van der Waals surface area contributed by atoms with Gasteiger partial charge in [-0.1, -0.05) is 48.0 Å². The number of fused-ring (bicyclic) bond motifs is 2. The minimum absolute atomic E-state index is 0.319. The monoisotopic (exact) mass is 540 g/mol. The zero-order valence-electron chi connectivity index (χ0n) is 22.5. The molecule has 2 aliphatic heterocycles. The number of rotatable bonds is 6. The number of likely N-dealkylation sites (N-methyl/N-ethyl adjacent to an activating group) is 1. The van der Waals surface area contributed by atoms with Crippen molar-refractivity contribution in [2.24, 2.45) is 5.92 Å². The molecular weight excluding hydrogens is 508 g/mol. The van der Waals surface area contributed by atoms with Crippen LogP contribution in [0.4, 0.5) is 5.82 Å². The summed E-state index contributed by atoms with van der Waals surface area (Å²) in [4.78, 5) is 22.9. The molecule has 6 rings (SSSR count). The fourth-order valence-electron chi connectivity index (χ4n) is 6.14. The van der Waals surface area contributed by atoms with Crippen LogP contribution in [-0.2, 0) is 0 Å². The third-order valence-corrected chi connectivity index (χ3v) is 8.61. The molecule has 39 heavy (non-hydrogen) atoms. The lowest BCUT2D eigenvalue weighted by atomic mass is 9.97. The number of halogens is 1.